The Hall–Kier alpha value is -1.81. The van der Waals surface area contributed by atoms with E-state index in [2.05, 4.69) is 14.1 Å². The second-order valence-corrected chi connectivity index (χ2v) is 10.0. The van der Waals surface area contributed by atoms with Crippen LogP contribution in [0.5, 0.6) is 5.75 Å². The van der Waals surface area contributed by atoms with Crippen LogP contribution in [-0.4, -0.2) is 24.9 Å². The summed E-state index contributed by atoms with van der Waals surface area (Å²) in [6, 6.07) is 12.4. The van der Waals surface area contributed by atoms with Crippen molar-refractivity contribution in [3.8, 4) is 5.75 Å². The smallest absolute Gasteiger partial charge is 0.264 e. The lowest BCUT2D eigenvalue weighted by molar-refractivity contribution is 0.404. The van der Waals surface area contributed by atoms with Gasteiger partial charge < -0.3 is 4.74 Å². The molecule has 3 rings (SSSR count). The average molecular weight is 456 g/mol. The second kappa shape index (κ2) is 8.69. The highest BCUT2D eigenvalue weighted by molar-refractivity contribution is 7.99. The minimum atomic E-state index is -3.80. The summed E-state index contributed by atoms with van der Waals surface area (Å²) in [4.78, 5) is 5.43. The Morgan fingerprint density at radius 3 is 2.71 bits per heavy atom. The third-order valence-corrected chi connectivity index (χ3v) is 7.73. The third kappa shape index (κ3) is 4.60. The van der Waals surface area contributed by atoms with E-state index in [4.69, 9.17) is 16.3 Å². The first-order valence-electron chi connectivity index (χ1n) is 8.23. The number of nitrogens with one attached hydrogen (secondary N) is 1. The summed E-state index contributed by atoms with van der Waals surface area (Å²) in [6.07, 6.45) is 0. The molecule has 3 aromatic rings. The minimum Gasteiger partial charge on any atom is -0.496 e. The van der Waals surface area contributed by atoms with Crippen LogP contribution in [0.25, 0.3) is 0 Å². The number of rotatable bonds is 7. The van der Waals surface area contributed by atoms with E-state index in [1.807, 2.05) is 31.2 Å². The minimum absolute atomic E-state index is 0.0845. The van der Waals surface area contributed by atoms with Crippen molar-refractivity contribution in [1.29, 1.82) is 0 Å². The van der Waals surface area contributed by atoms with Crippen LogP contribution in [0.1, 0.15) is 23.6 Å². The summed E-state index contributed by atoms with van der Waals surface area (Å²) in [5.41, 5.74) is 0.488. The molecule has 0 amide bonds. The SMILES string of the molecule is COc1ccccc1SC(C)c1nsc(NS(=O)(=O)c2cccc(Cl)c2C)n1. The standard InChI is InChI=1S/C18H18ClN3O3S3/c1-11-13(19)7-6-10-16(11)28(23,24)22-18-20-17(21-27-18)12(2)26-15-9-5-4-8-14(15)25-3/h4-10,12H,1-3H3,(H,20,21,22). The zero-order chi connectivity index (χ0) is 20.3. The maximum atomic E-state index is 12.7. The average Bonchev–Trinajstić information content (AvgIpc) is 3.12. The molecule has 28 heavy (non-hydrogen) atoms. The number of methoxy groups -OCH3 is 1. The van der Waals surface area contributed by atoms with E-state index in [0.717, 1.165) is 22.2 Å². The molecular weight excluding hydrogens is 438 g/mol. The van der Waals surface area contributed by atoms with Gasteiger partial charge in [-0.2, -0.15) is 4.37 Å². The van der Waals surface area contributed by atoms with E-state index in [1.165, 1.54) is 6.07 Å². The summed E-state index contributed by atoms with van der Waals surface area (Å²) in [6.45, 7) is 3.62. The van der Waals surface area contributed by atoms with Gasteiger partial charge in [0.25, 0.3) is 10.0 Å². The maximum absolute atomic E-state index is 12.7. The third-order valence-electron chi connectivity index (χ3n) is 3.91. The molecule has 0 bridgehead atoms. The van der Waals surface area contributed by atoms with Gasteiger partial charge in [0, 0.05) is 16.6 Å². The summed E-state index contributed by atoms with van der Waals surface area (Å²) in [5.74, 6) is 1.31. The molecule has 0 spiro atoms. The number of sulfonamides is 1. The predicted molar refractivity (Wildman–Crippen MR) is 114 cm³/mol. The summed E-state index contributed by atoms with van der Waals surface area (Å²) >= 11 is 8.58. The highest BCUT2D eigenvalue weighted by Gasteiger charge is 2.22. The quantitative estimate of drug-likeness (QED) is 0.495. The molecule has 0 aliphatic carbocycles. The van der Waals surface area contributed by atoms with Gasteiger partial charge in [0.2, 0.25) is 5.13 Å². The lowest BCUT2D eigenvalue weighted by atomic mass is 10.2. The highest BCUT2D eigenvalue weighted by atomic mass is 35.5. The van der Waals surface area contributed by atoms with Crippen LogP contribution in [0.2, 0.25) is 5.02 Å². The lowest BCUT2D eigenvalue weighted by Gasteiger charge is -2.11. The Morgan fingerprint density at radius 2 is 1.96 bits per heavy atom. The lowest BCUT2D eigenvalue weighted by Crippen LogP contribution is -2.14. The van der Waals surface area contributed by atoms with Crippen LogP contribution in [0.4, 0.5) is 5.13 Å². The molecule has 1 N–H and O–H groups in total. The van der Waals surface area contributed by atoms with Gasteiger partial charge in [-0.05, 0) is 43.7 Å². The fourth-order valence-electron chi connectivity index (χ4n) is 2.45. The van der Waals surface area contributed by atoms with Gasteiger partial charge in [-0.15, -0.1) is 11.8 Å². The zero-order valence-electron chi connectivity index (χ0n) is 15.3. The molecule has 6 nitrogen and oxygen atoms in total. The first-order valence-corrected chi connectivity index (χ1v) is 11.7. The Morgan fingerprint density at radius 1 is 1.21 bits per heavy atom. The van der Waals surface area contributed by atoms with Gasteiger partial charge in [-0.25, -0.2) is 13.4 Å². The van der Waals surface area contributed by atoms with Crippen molar-refractivity contribution in [3.63, 3.8) is 0 Å². The van der Waals surface area contributed by atoms with Crippen molar-refractivity contribution in [2.75, 3.05) is 11.8 Å². The molecule has 2 aromatic carbocycles. The Labute approximate surface area is 177 Å². The molecule has 1 heterocycles. The van der Waals surface area contributed by atoms with E-state index >= 15 is 0 Å². The molecular formula is C18H18ClN3O3S3. The number of benzene rings is 2. The van der Waals surface area contributed by atoms with Crippen LogP contribution in [-0.2, 0) is 10.0 Å². The molecule has 0 aliphatic heterocycles. The van der Waals surface area contributed by atoms with E-state index in [0.29, 0.717) is 16.4 Å². The van der Waals surface area contributed by atoms with Crippen molar-refractivity contribution in [2.24, 2.45) is 0 Å². The zero-order valence-corrected chi connectivity index (χ0v) is 18.5. The molecule has 1 atom stereocenters. The van der Waals surface area contributed by atoms with Crippen molar-refractivity contribution in [1.82, 2.24) is 9.36 Å². The Kier molecular flexibility index (Phi) is 6.49. The van der Waals surface area contributed by atoms with Gasteiger partial charge in [-0.3, -0.25) is 4.72 Å². The first kappa shape index (κ1) is 20.9. The van der Waals surface area contributed by atoms with Crippen LogP contribution in [0.3, 0.4) is 0 Å². The summed E-state index contributed by atoms with van der Waals surface area (Å²) in [7, 11) is -2.18. The topological polar surface area (TPSA) is 81.2 Å². The number of aromatic nitrogens is 2. The number of ether oxygens (including phenoxy) is 1. The van der Waals surface area contributed by atoms with Gasteiger partial charge in [0.15, 0.2) is 5.82 Å². The fourth-order valence-corrected chi connectivity index (χ4v) is 5.91. The summed E-state index contributed by atoms with van der Waals surface area (Å²) in [5, 5.41) is 0.517. The van der Waals surface area contributed by atoms with Gasteiger partial charge in [0.05, 0.1) is 22.2 Å². The first-order chi connectivity index (χ1) is 13.3. The monoisotopic (exact) mass is 455 g/mol. The van der Waals surface area contributed by atoms with Crippen LogP contribution >= 0.6 is 34.9 Å². The largest absolute Gasteiger partial charge is 0.496 e. The van der Waals surface area contributed by atoms with E-state index in [9.17, 15) is 8.42 Å². The number of anilines is 1. The molecule has 1 unspecified atom stereocenters. The number of thioether (sulfide) groups is 1. The van der Waals surface area contributed by atoms with Crippen molar-refractivity contribution in [3.05, 3.63) is 58.9 Å². The molecule has 148 valence electrons. The Balaban J connectivity index is 1.77. The van der Waals surface area contributed by atoms with Gasteiger partial charge in [-0.1, -0.05) is 29.8 Å². The predicted octanol–water partition coefficient (Wildman–Crippen LogP) is 5.16. The van der Waals surface area contributed by atoms with Gasteiger partial charge in [0.1, 0.15) is 5.75 Å². The molecule has 0 aliphatic rings. The molecule has 0 fully saturated rings. The Bertz CT molecular complexity index is 1090. The normalized spacial score (nSPS) is 12.6. The second-order valence-electron chi connectivity index (χ2n) is 5.84. The number of hydrogen-bond donors (Lipinski definition) is 1. The van der Waals surface area contributed by atoms with Crippen LogP contribution in [0.15, 0.2) is 52.3 Å². The molecule has 0 radical (unpaired) electrons. The highest BCUT2D eigenvalue weighted by Crippen LogP contribution is 2.39. The van der Waals surface area contributed by atoms with E-state index < -0.39 is 10.0 Å². The fraction of sp³-hybridized carbons (Fsp3) is 0.222. The van der Waals surface area contributed by atoms with Crippen molar-refractivity contribution >= 4 is 50.1 Å². The van der Waals surface area contributed by atoms with E-state index in [-0.39, 0.29) is 15.3 Å². The van der Waals surface area contributed by atoms with Crippen molar-refractivity contribution in [2.45, 2.75) is 28.9 Å². The number of halogens is 1. The molecule has 10 heteroatoms. The number of hydrogen-bond acceptors (Lipinski definition) is 7. The summed E-state index contributed by atoms with van der Waals surface area (Å²) < 4.78 is 37.5. The molecule has 0 saturated carbocycles. The molecule has 0 saturated heterocycles. The number of nitrogens with zero attached hydrogens (tertiary/aromatic N) is 2. The van der Waals surface area contributed by atoms with Gasteiger partial charge >= 0.3 is 0 Å². The van der Waals surface area contributed by atoms with Crippen LogP contribution < -0.4 is 9.46 Å². The van der Waals surface area contributed by atoms with Crippen LogP contribution in [0, 0.1) is 6.92 Å². The van der Waals surface area contributed by atoms with E-state index in [1.54, 1.807) is 37.9 Å². The van der Waals surface area contributed by atoms with Crippen molar-refractivity contribution < 1.29 is 13.2 Å². The number of para-hydroxylation sites is 1. The maximum Gasteiger partial charge on any atom is 0.264 e. The molecule has 1 aromatic heterocycles.